The van der Waals surface area contributed by atoms with Gasteiger partial charge in [0.15, 0.2) is 11.5 Å². The number of halogens is 1. The maximum atomic E-state index is 13.3. The zero-order valence-electron chi connectivity index (χ0n) is 11.8. The lowest BCUT2D eigenvalue weighted by Gasteiger charge is -2.16. The van der Waals surface area contributed by atoms with E-state index in [0.717, 1.165) is 5.56 Å². The van der Waals surface area contributed by atoms with E-state index in [1.807, 2.05) is 25.1 Å². The number of hydrogen-bond acceptors (Lipinski definition) is 3. The smallest absolute Gasteiger partial charge is 0.169 e. The van der Waals surface area contributed by atoms with Crippen LogP contribution in [0, 0.1) is 12.7 Å². The first-order chi connectivity index (χ1) is 9.51. The van der Waals surface area contributed by atoms with Crippen LogP contribution < -0.4 is 15.2 Å². The number of nitrogens with two attached hydrogens (primary N) is 1. The van der Waals surface area contributed by atoms with E-state index in [1.165, 1.54) is 12.1 Å². The molecule has 1 atom stereocenters. The Morgan fingerprint density at radius 3 is 2.40 bits per heavy atom. The van der Waals surface area contributed by atoms with Gasteiger partial charge in [0.2, 0.25) is 0 Å². The Hall–Kier alpha value is -2.07. The minimum absolute atomic E-state index is 0.322. The van der Waals surface area contributed by atoms with Crippen LogP contribution in [-0.4, -0.2) is 7.11 Å². The molecule has 4 heteroatoms. The van der Waals surface area contributed by atoms with Crippen molar-refractivity contribution in [3.8, 4) is 17.2 Å². The Morgan fingerprint density at radius 1 is 1.05 bits per heavy atom. The standard InChI is InChI=1S/C16H18FNO2/c1-10-4-6-15(16(8-10)19-3)20-14-7-5-12(17)9-13(14)11(2)18/h4-9,11H,18H2,1-3H3. The zero-order chi connectivity index (χ0) is 14.7. The Balaban J connectivity index is 2.39. The summed E-state index contributed by atoms with van der Waals surface area (Å²) in [5, 5.41) is 0. The van der Waals surface area contributed by atoms with Gasteiger partial charge in [0.05, 0.1) is 7.11 Å². The third-order valence-corrected chi connectivity index (χ3v) is 3.00. The molecule has 2 aromatic carbocycles. The van der Waals surface area contributed by atoms with Gasteiger partial charge < -0.3 is 15.2 Å². The van der Waals surface area contributed by atoms with Gasteiger partial charge in [-0.2, -0.15) is 0 Å². The first kappa shape index (κ1) is 14.3. The van der Waals surface area contributed by atoms with E-state index in [9.17, 15) is 4.39 Å². The van der Waals surface area contributed by atoms with Crippen LogP contribution >= 0.6 is 0 Å². The van der Waals surface area contributed by atoms with Crippen molar-refractivity contribution in [2.75, 3.05) is 7.11 Å². The number of methoxy groups -OCH3 is 1. The molecule has 2 rings (SSSR count). The Bertz CT molecular complexity index is 611. The molecular formula is C16H18FNO2. The minimum Gasteiger partial charge on any atom is -0.493 e. The average Bonchev–Trinajstić information content (AvgIpc) is 2.42. The molecule has 106 valence electrons. The maximum Gasteiger partial charge on any atom is 0.169 e. The second kappa shape index (κ2) is 5.92. The molecule has 0 aliphatic rings. The van der Waals surface area contributed by atoms with Gasteiger partial charge in [0, 0.05) is 11.6 Å². The van der Waals surface area contributed by atoms with Crippen molar-refractivity contribution >= 4 is 0 Å². The van der Waals surface area contributed by atoms with E-state index in [4.69, 9.17) is 15.2 Å². The molecule has 0 saturated heterocycles. The zero-order valence-corrected chi connectivity index (χ0v) is 11.8. The summed E-state index contributed by atoms with van der Waals surface area (Å²) < 4.78 is 24.4. The summed E-state index contributed by atoms with van der Waals surface area (Å²) in [6, 6.07) is 9.62. The van der Waals surface area contributed by atoms with Gasteiger partial charge in [-0.15, -0.1) is 0 Å². The van der Waals surface area contributed by atoms with Gasteiger partial charge in [-0.1, -0.05) is 6.07 Å². The lowest BCUT2D eigenvalue weighted by Crippen LogP contribution is -2.07. The van der Waals surface area contributed by atoms with Crippen LogP contribution in [0.5, 0.6) is 17.2 Å². The maximum absolute atomic E-state index is 13.3. The Morgan fingerprint density at radius 2 is 1.75 bits per heavy atom. The summed E-state index contributed by atoms with van der Waals surface area (Å²) in [4.78, 5) is 0. The highest BCUT2D eigenvalue weighted by Gasteiger charge is 2.13. The number of ether oxygens (including phenoxy) is 2. The van der Waals surface area contributed by atoms with Crippen LogP contribution in [0.1, 0.15) is 24.1 Å². The second-order valence-corrected chi connectivity index (χ2v) is 4.73. The molecular weight excluding hydrogens is 257 g/mol. The van der Waals surface area contributed by atoms with E-state index in [-0.39, 0.29) is 11.9 Å². The third-order valence-electron chi connectivity index (χ3n) is 3.00. The molecule has 2 aromatic rings. The first-order valence-electron chi connectivity index (χ1n) is 6.39. The van der Waals surface area contributed by atoms with Gasteiger partial charge in [0.1, 0.15) is 11.6 Å². The van der Waals surface area contributed by atoms with Crippen molar-refractivity contribution < 1.29 is 13.9 Å². The second-order valence-electron chi connectivity index (χ2n) is 4.73. The van der Waals surface area contributed by atoms with Crippen LogP contribution in [0.2, 0.25) is 0 Å². The summed E-state index contributed by atoms with van der Waals surface area (Å²) in [6.45, 7) is 3.76. The molecule has 0 fully saturated rings. The molecule has 0 saturated carbocycles. The molecule has 0 heterocycles. The Kier molecular flexibility index (Phi) is 4.25. The van der Waals surface area contributed by atoms with E-state index in [0.29, 0.717) is 22.8 Å². The summed E-state index contributed by atoms with van der Waals surface area (Å²) in [7, 11) is 1.58. The lowest BCUT2D eigenvalue weighted by atomic mass is 10.1. The third kappa shape index (κ3) is 3.08. The summed E-state index contributed by atoms with van der Waals surface area (Å²) in [5.74, 6) is 1.40. The number of benzene rings is 2. The summed E-state index contributed by atoms with van der Waals surface area (Å²) in [5.41, 5.74) is 7.54. The van der Waals surface area contributed by atoms with Gasteiger partial charge in [0.25, 0.3) is 0 Å². The van der Waals surface area contributed by atoms with Gasteiger partial charge >= 0.3 is 0 Å². The predicted molar refractivity (Wildman–Crippen MR) is 76.8 cm³/mol. The van der Waals surface area contributed by atoms with E-state index < -0.39 is 0 Å². The molecule has 0 amide bonds. The van der Waals surface area contributed by atoms with Gasteiger partial charge in [-0.25, -0.2) is 4.39 Å². The lowest BCUT2D eigenvalue weighted by molar-refractivity contribution is 0.376. The molecule has 0 aliphatic heterocycles. The summed E-state index contributed by atoms with van der Waals surface area (Å²) >= 11 is 0. The van der Waals surface area contributed by atoms with Crippen molar-refractivity contribution in [3.63, 3.8) is 0 Å². The molecule has 0 spiro atoms. The van der Waals surface area contributed by atoms with E-state index in [2.05, 4.69) is 0 Å². The topological polar surface area (TPSA) is 44.5 Å². The highest BCUT2D eigenvalue weighted by atomic mass is 19.1. The normalized spacial score (nSPS) is 12.1. The largest absolute Gasteiger partial charge is 0.493 e. The van der Waals surface area contributed by atoms with Crippen LogP contribution in [0.4, 0.5) is 4.39 Å². The van der Waals surface area contributed by atoms with E-state index in [1.54, 1.807) is 20.1 Å². The SMILES string of the molecule is COc1cc(C)ccc1Oc1ccc(F)cc1C(C)N. The van der Waals surface area contributed by atoms with Crippen molar-refractivity contribution in [2.45, 2.75) is 19.9 Å². The van der Waals surface area contributed by atoms with Crippen molar-refractivity contribution in [2.24, 2.45) is 5.73 Å². The fourth-order valence-electron chi connectivity index (χ4n) is 1.95. The van der Waals surface area contributed by atoms with E-state index >= 15 is 0 Å². The van der Waals surface area contributed by atoms with Crippen LogP contribution in [-0.2, 0) is 0 Å². The van der Waals surface area contributed by atoms with Crippen LogP contribution in [0.25, 0.3) is 0 Å². The quantitative estimate of drug-likeness (QED) is 0.918. The molecule has 0 aliphatic carbocycles. The highest BCUT2D eigenvalue weighted by molar-refractivity contribution is 5.47. The Labute approximate surface area is 118 Å². The molecule has 0 aromatic heterocycles. The minimum atomic E-state index is -0.333. The van der Waals surface area contributed by atoms with Gasteiger partial charge in [-0.3, -0.25) is 0 Å². The molecule has 1 unspecified atom stereocenters. The summed E-state index contributed by atoms with van der Waals surface area (Å²) in [6.07, 6.45) is 0. The van der Waals surface area contributed by atoms with Gasteiger partial charge in [-0.05, 0) is 49.7 Å². The van der Waals surface area contributed by atoms with Crippen LogP contribution in [0.3, 0.4) is 0 Å². The fraction of sp³-hybridized carbons (Fsp3) is 0.250. The molecule has 2 N–H and O–H groups in total. The van der Waals surface area contributed by atoms with Crippen molar-refractivity contribution in [1.29, 1.82) is 0 Å². The van der Waals surface area contributed by atoms with Crippen LogP contribution in [0.15, 0.2) is 36.4 Å². The molecule has 0 radical (unpaired) electrons. The number of rotatable bonds is 4. The average molecular weight is 275 g/mol. The number of hydrogen-bond donors (Lipinski definition) is 1. The molecule has 0 bridgehead atoms. The predicted octanol–water partition coefficient (Wildman–Crippen LogP) is 3.95. The first-order valence-corrected chi connectivity index (χ1v) is 6.39. The monoisotopic (exact) mass is 275 g/mol. The highest BCUT2D eigenvalue weighted by Crippen LogP contribution is 2.35. The molecule has 20 heavy (non-hydrogen) atoms. The molecule has 3 nitrogen and oxygen atoms in total. The van der Waals surface area contributed by atoms with Crippen molar-refractivity contribution in [3.05, 3.63) is 53.3 Å². The number of aryl methyl sites for hydroxylation is 1. The van der Waals surface area contributed by atoms with Crippen molar-refractivity contribution in [1.82, 2.24) is 0 Å². The fourth-order valence-corrected chi connectivity index (χ4v) is 1.95.